The maximum Gasteiger partial charge on any atom is 0.200 e. The molecule has 0 radical (unpaired) electrons. The van der Waals surface area contributed by atoms with E-state index in [4.69, 9.17) is 21.2 Å². The molecule has 0 amide bonds. The molecule has 0 atom stereocenters. The maximum atomic E-state index is 9.20. The number of phenols is 3. The Balaban J connectivity index is 0.000000791. The Hall–Kier alpha value is -1.50. The van der Waals surface area contributed by atoms with Crippen LogP contribution in [0, 0.1) is 0 Å². The van der Waals surface area contributed by atoms with E-state index in [-0.39, 0.29) is 18.0 Å². The average molecular weight is 204 g/mol. The van der Waals surface area contributed by atoms with Gasteiger partial charge < -0.3 is 20.4 Å². The third-order valence-corrected chi connectivity index (χ3v) is 1.51. The van der Waals surface area contributed by atoms with E-state index in [9.17, 15) is 5.11 Å². The van der Waals surface area contributed by atoms with Gasteiger partial charge >= 0.3 is 0 Å². The van der Waals surface area contributed by atoms with Gasteiger partial charge in [-0.25, -0.2) is 0 Å². The molecule has 0 aliphatic carbocycles. The Bertz CT molecular complexity index is 291. The first-order valence-electron chi connectivity index (χ1n) is 3.77. The predicted octanol–water partition coefficient (Wildman–Crippen LogP) is -0.625. The molecule has 0 saturated carbocycles. The van der Waals surface area contributed by atoms with E-state index >= 15 is 0 Å². The molecule has 1 aromatic carbocycles. The number of hydrogen-bond acceptors (Lipinski definition) is 6. The van der Waals surface area contributed by atoms with Gasteiger partial charge in [-0.15, -0.1) is 0 Å². The number of aromatic hydroxyl groups is 3. The zero-order valence-corrected chi connectivity index (χ0v) is 7.73. The summed E-state index contributed by atoms with van der Waals surface area (Å²) in [5.41, 5.74) is 2.74. The highest BCUT2D eigenvalue weighted by atomic mass is 16.3. The molecule has 0 aliphatic rings. The van der Waals surface area contributed by atoms with Gasteiger partial charge in [-0.3, -0.25) is 11.3 Å². The number of aliphatic hydroxyl groups excluding tert-OH is 1. The molecular formula is C8H14N2O4. The van der Waals surface area contributed by atoms with Crippen LogP contribution in [-0.4, -0.2) is 27.5 Å². The van der Waals surface area contributed by atoms with Gasteiger partial charge in [0.1, 0.15) is 0 Å². The molecule has 0 aliphatic heterocycles. The van der Waals surface area contributed by atoms with Crippen LogP contribution in [-0.2, 0) is 6.54 Å². The van der Waals surface area contributed by atoms with Crippen LogP contribution in [0.3, 0.4) is 0 Å². The molecule has 0 unspecified atom stereocenters. The summed E-state index contributed by atoms with van der Waals surface area (Å²) in [4.78, 5) is 0. The van der Waals surface area contributed by atoms with Gasteiger partial charge in [-0.1, -0.05) is 6.07 Å². The SMILES string of the molecule is CO.[15NH2][15NH]Cc1ccc(O)c(O)c1O. The molecule has 80 valence electrons. The van der Waals surface area contributed by atoms with Gasteiger partial charge in [0.05, 0.1) is 0 Å². The monoisotopic (exact) mass is 204 g/mol. The number of phenolic OH excluding ortho intramolecular Hbond substituents is 3. The van der Waals surface area contributed by atoms with Crippen molar-refractivity contribution in [1.29, 1.82) is 0 Å². The molecule has 1 rings (SSSR count). The normalized spacial score (nSPS) is 9.07. The fraction of sp³-hybridized carbons (Fsp3) is 0.250. The van der Waals surface area contributed by atoms with Crippen molar-refractivity contribution in [3.8, 4) is 17.2 Å². The van der Waals surface area contributed by atoms with E-state index < -0.39 is 5.75 Å². The van der Waals surface area contributed by atoms with Crippen molar-refractivity contribution in [1.82, 2.24) is 5.43 Å². The summed E-state index contributed by atoms with van der Waals surface area (Å²) in [6.45, 7) is 0.222. The summed E-state index contributed by atoms with van der Waals surface area (Å²) in [5.74, 6) is 3.78. The van der Waals surface area contributed by atoms with E-state index in [0.717, 1.165) is 7.11 Å². The lowest BCUT2D eigenvalue weighted by Crippen LogP contribution is -2.20. The summed E-state index contributed by atoms with van der Waals surface area (Å²) in [5, 5.41) is 34.2. The van der Waals surface area contributed by atoms with E-state index in [1.54, 1.807) is 0 Å². The first-order chi connectivity index (χ1) is 6.66. The quantitative estimate of drug-likeness (QED) is 0.165. The summed E-state index contributed by atoms with van der Waals surface area (Å²) in [6.07, 6.45) is 0. The van der Waals surface area contributed by atoms with Crippen LogP contribution in [0.1, 0.15) is 5.56 Å². The Morgan fingerprint density at radius 3 is 2.21 bits per heavy atom. The van der Waals surface area contributed by atoms with Crippen molar-refractivity contribution in [2.45, 2.75) is 6.54 Å². The lowest BCUT2D eigenvalue weighted by Gasteiger charge is -2.05. The number of benzene rings is 1. The smallest absolute Gasteiger partial charge is 0.200 e. The van der Waals surface area contributed by atoms with Crippen LogP contribution in [0.2, 0.25) is 0 Å². The van der Waals surface area contributed by atoms with Crippen molar-refractivity contribution in [3.63, 3.8) is 0 Å². The number of nitrogens with two attached hydrogens (primary N) is 1. The first kappa shape index (κ1) is 12.5. The summed E-state index contributed by atoms with van der Waals surface area (Å²) < 4.78 is 0. The van der Waals surface area contributed by atoms with Gasteiger partial charge in [0.15, 0.2) is 11.5 Å². The molecule has 1 aromatic rings. The summed E-state index contributed by atoms with van der Waals surface area (Å²) >= 11 is 0. The second-order valence-electron chi connectivity index (χ2n) is 2.32. The Morgan fingerprint density at radius 1 is 1.14 bits per heavy atom. The minimum absolute atomic E-state index is 0.222. The van der Waals surface area contributed by atoms with Crippen LogP contribution >= 0.6 is 0 Å². The Morgan fingerprint density at radius 2 is 1.71 bits per heavy atom. The van der Waals surface area contributed by atoms with Crippen LogP contribution in [0.5, 0.6) is 17.2 Å². The molecular weight excluding hydrogens is 190 g/mol. The molecule has 6 nitrogen and oxygen atoms in total. The molecule has 0 heterocycles. The Kier molecular flexibility index (Phi) is 5.38. The van der Waals surface area contributed by atoms with E-state index in [0.29, 0.717) is 5.56 Å². The Labute approximate surface area is 81.2 Å². The van der Waals surface area contributed by atoms with Gasteiger partial charge in [-0.05, 0) is 6.07 Å². The fourth-order valence-electron chi connectivity index (χ4n) is 0.863. The van der Waals surface area contributed by atoms with Crippen molar-refractivity contribution in [3.05, 3.63) is 17.7 Å². The second-order valence-corrected chi connectivity index (χ2v) is 2.32. The van der Waals surface area contributed by atoms with Gasteiger partial charge in [0.2, 0.25) is 5.75 Å². The molecule has 14 heavy (non-hydrogen) atoms. The van der Waals surface area contributed by atoms with Crippen LogP contribution in [0.4, 0.5) is 0 Å². The molecule has 0 aromatic heterocycles. The fourth-order valence-corrected chi connectivity index (χ4v) is 0.863. The number of hydrogen-bond donors (Lipinski definition) is 6. The van der Waals surface area contributed by atoms with Gasteiger partial charge in [-0.2, -0.15) is 0 Å². The second kappa shape index (κ2) is 6.03. The molecule has 7 N–H and O–H groups in total. The van der Waals surface area contributed by atoms with Crippen molar-refractivity contribution >= 4 is 0 Å². The third-order valence-electron chi connectivity index (χ3n) is 1.51. The molecule has 0 saturated heterocycles. The largest absolute Gasteiger partial charge is 0.504 e. The van der Waals surface area contributed by atoms with Crippen LogP contribution < -0.4 is 11.3 Å². The topological polar surface area (TPSA) is 119 Å². The highest BCUT2D eigenvalue weighted by Crippen LogP contribution is 2.36. The third kappa shape index (κ3) is 2.77. The van der Waals surface area contributed by atoms with Gasteiger partial charge in [0, 0.05) is 19.2 Å². The zero-order chi connectivity index (χ0) is 11.1. The van der Waals surface area contributed by atoms with Crippen molar-refractivity contribution in [2.24, 2.45) is 5.84 Å². The number of nitrogens with one attached hydrogen (secondary N) is 1. The lowest BCUT2D eigenvalue weighted by atomic mass is 10.2. The average Bonchev–Trinajstić information content (AvgIpc) is 2.22. The van der Waals surface area contributed by atoms with Crippen molar-refractivity contribution in [2.75, 3.05) is 7.11 Å². The molecule has 0 spiro atoms. The highest BCUT2D eigenvalue weighted by Gasteiger charge is 2.09. The maximum absolute atomic E-state index is 9.20. The minimum atomic E-state index is -0.525. The van der Waals surface area contributed by atoms with Gasteiger partial charge in [0.25, 0.3) is 0 Å². The first-order valence-corrected chi connectivity index (χ1v) is 3.77. The van der Waals surface area contributed by atoms with Crippen LogP contribution in [0.15, 0.2) is 12.1 Å². The van der Waals surface area contributed by atoms with E-state index in [2.05, 4.69) is 5.43 Å². The molecule has 0 bridgehead atoms. The number of aliphatic hydroxyl groups is 1. The molecule has 6 heteroatoms. The number of rotatable bonds is 2. The van der Waals surface area contributed by atoms with E-state index in [1.807, 2.05) is 0 Å². The zero-order valence-electron chi connectivity index (χ0n) is 7.73. The number of hydrazine groups is 1. The predicted molar refractivity (Wildman–Crippen MR) is 50.6 cm³/mol. The summed E-state index contributed by atoms with van der Waals surface area (Å²) in [7, 11) is 1.00. The highest BCUT2D eigenvalue weighted by molar-refractivity contribution is 5.52. The summed E-state index contributed by atoms with van der Waals surface area (Å²) in [6, 6.07) is 2.74. The van der Waals surface area contributed by atoms with Crippen molar-refractivity contribution < 1.29 is 20.4 Å². The lowest BCUT2D eigenvalue weighted by molar-refractivity contribution is 0.364. The van der Waals surface area contributed by atoms with Crippen LogP contribution in [0.25, 0.3) is 0 Å². The molecule has 0 fully saturated rings. The standard InChI is InChI=1S/C7H10N2O3.CH4O/c8-9-3-4-1-2-5(10)7(12)6(4)11;1-2/h1-2,9-12H,3,8H2;2H,1H3/i8+1,9+1;. The minimum Gasteiger partial charge on any atom is -0.504 e. The van der Waals surface area contributed by atoms with E-state index in [1.165, 1.54) is 12.1 Å².